The number of methoxy groups -OCH3 is 1. The van der Waals surface area contributed by atoms with Crippen molar-refractivity contribution in [1.29, 1.82) is 0 Å². The van der Waals surface area contributed by atoms with E-state index in [1.54, 1.807) is 7.11 Å². The Balaban J connectivity index is 1.87. The van der Waals surface area contributed by atoms with Crippen LogP contribution in [0.1, 0.15) is 24.8 Å². The lowest BCUT2D eigenvalue weighted by Gasteiger charge is -2.24. The van der Waals surface area contributed by atoms with E-state index < -0.39 is 6.10 Å². The van der Waals surface area contributed by atoms with Gasteiger partial charge in [0.05, 0.1) is 12.2 Å². The third-order valence-corrected chi connectivity index (χ3v) is 3.99. The maximum absolute atomic E-state index is 10.3. The molecule has 0 bridgehead atoms. The molecule has 1 saturated carbocycles. The molecule has 0 heterocycles. The van der Waals surface area contributed by atoms with Gasteiger partial charge >= 0.3 is 0 Å². The standard InChI is InChI=1S/C15H23NO2/c1-18-13-8-7-12(10-13)15(17)14(16)9-11-5-3-2-4-6-11/h2-6,12-15,17H,7-10,16H2,1H3/t12-,13+,14+,15-/m1/s1. The predicted molar refractivity (Wildman–Crippen MR) is 72.3 cm³/mol. The van der Waals surface area contributed by atoms with Gasteiger partial charge in [0, 0.05) is 13.2 Å². The third kappa shape index (κ3) is 3.31. The Morgan fingerprint density at radius 1 is 1.33 bits per heavy atom. The molecule has 4 atom stereocenters. The van der Waals surface area contributed by atoms with E-state index in [0.29, 0.717) is 6.10 Å². The summed E-state index contributed by atoms with van der Waals surface area (Å²) in [5, 5.41) is 10.3. The van der Waals surface area contributed by atoms with E-state index >= 15 is 0 Å². The van der Waals surface area contributed by atoms with Gasteiger partial charge in [-0.25, -0.2) is 0 Å². The van der Waals surface area contributed by atoms with Gasteiger partial charge in [0.25, 0.3) is 0 Å². The number of hydrogen-bond donors (Lipinski definition) is 2. The van der Waals surface area contributed by atoms with Gasteiger partial charge in [-0.1, -0.05) is 30.3 Å². The van der Waals surface area contributed by atoms with Crippen LogP contribution in [-0.4, -0.2) is 30.5 Å². The van der Waals surface area contributed by atoms with Crippen molar-refractivity contribution in [1.82, 2.24) is 0 Å². The summed E-state index contributed by atoms with van der Waals surface area (Å²) in [5.74, 6) is 0.286. The Bertz CT molecular complexity index is 355. The van der Waals surface area contributed by atoms with Crippen LogP contribution in [0.3, 0.4) is 0 Å². The number of hydrogen-bond acceptors (Lipinski definition) is 3. The zero-order valence-corrected chi connectivity index (χ0v) is 11.0. The van der Waals surface area contributed by atoms with Gasteiger partial charge in [-0.05, 0) is 37.2 Å². The van der Waals surface area contributed by atoms with Crippen LogP contribution in [0.4, 0.5) is 0 Å². The first-order valence-corrected chi connectivity index (χ1v) is 6.71. The number of nitrogens with two attached hydrogens (primary N) is 1. The van der Waals surface area contributed by atoms with E-state index in [4.69, 9.17) is 10.5 Å². The second-order valence-electron chi connectivity index (χ2n) is 5.28. The Labute approximate surface area is 109 Å². The van der Waals surface area contributed by atoms with Crippen molar-refractivity contribution in [2.45, 2.75) is 43.9 Å². The molecule has 0 saturated heterocycles. The Morgan fingerprint density at radius 3 is 2.67 bits per heavy atom. The second kappa shape index (κ2) is 6.32. The van der Waals surface area contributed by atoms with E-state index in [1.807, 2.05) is 18.2 Å². The van der Waals surface area contributed by atoms with Crippen LogP contribution in [0.15, 0.2) is 30.3 Å². The van der Waals surface area contributed by atoms with Crippen LogP contribution in [-0.2, 0) is 11.2 Å². The first kappa shape index (κ1) is 13.5. The molecule has 0 aliphatic heterocycles. The molecule has 1 aromatic carbocycles. The topological polar surface area (TPSA) is 55.5 Å². The zero-order chi connectivity index (χ0) is 13.0. The van der Waals surface area contributed by atoms with Crippen molar-refractivity contribution >= 4 is 0 Å². The highest BCUT2D eigenvalue weighted by Gasteiger charge is 2.32. The summed E-state index contributed by atoms with van der Waals surface area (Å²) in [6, 6.07) is 9.92. The molecule has 1 aliphatic carbocycles. The van der Waals surface area contributed by atoms with E-state index in [1.165, 1.54) is 5.56 Å². The number of rotatable bonds is 5. The molecule has 0 unspecified atom stereocenters. The summed E-state index contributed by atoms with van der Waals surface area (Å²) in [7, 11) is 1.74. The summed E-state index contributed by atoms with van der Waals surface area (Å²) in [6.07, 6.45) is 3.59. The molecule has 1 fully saturated rings. The molecule has 3 N–H and O–H groups in total. The fourth-order valence-electron chi connectivity index (χ4n) is 2.85. The van der Waals surface area contributed by atoms with Gasteiger partial charge in [0.2, 0.25) is 0 Å². The van der Waals surface area contributed by atoms with Crippen molar-refractivity contribution in [3.63, 3.8) is 0 Å². The normalized spacial score (nSPS) is 27.1. The Hall–Kier alpha value is -0.900. The summed E-state index contributed by atoms with van der Waals surface area (Å²) in [5.41, 5.74) is 7.31. The van der Waals surface area contributed by atoms with Crippen LogP contribution >= 0.6 is 0 Å². The molecule has 0 amide bonds. The molecule has 3 nitrogen and oxygen atoms in total. The zero-order valence-electron chi connectivity index (χ0n) is 11.0. The summed E-state index contributed by atoms with van der Waals surface area (Å²) in [4.78, 5) is 0. The SMILES string of the molecule is CO[C@H]1CC[C@@H]([C@@H](O)[C@@H](N)Cc2ccccc2)C1. The molecule has 1 aliphatic rings. The highest BCUT2D eigenvalue weighted by molar-refractivity contribution is 5.16. The largest absolute Gasteiger partial charge is 0.391 e. The number of aliphatic hydroxyl groups excluding tert-OH is 1. The molecule has 0 spiro atoms. The smallest absolute Gasteiger partial charge is 0.0723 e. The van der Waals surface area contributed by atoms with Gasteiger partial charge in [0.15, 0.2) is 0 Å². The highest BCUT2D eigenvalue weighted by atomic mass is 16.5. The minimum absolute atomic E-state index is 0.187. The third-order valence-electron chi connectivity index (χ3n) is 3.99. The van der Waals surface area contributed by atoms with Crippen molar-refractivity contribution in [2.75, 3.05) is 7.11 Å². The van der Waals surface area contributed by atoms with Gasteiger partial charge in [-0.3, -0.25) is 0 Å². The van der Waals surface area contributed by atoms with Crippen molar-refractivity contribution in [3.05, 3.63) is 35.9 Å². The summed E-state index contributed by atoms with van der Waals surface area (Å²) < 4.78 is 5.34. The Kier molecular flexibility index (Phi) is 4.75. The molecule has 0 radical (unpaired) electrons. The number of aliphatic hydroxyl groups is 1. The van der Waals surface area contributed by atoms with Gasteiger partial charge < -0.3 is 15.6 Å². The minimum atomic E-state index is -0.426. The lowest BCUT2D eigenvalue weighted by molar-refractivity contribution is 0.0629. The summed E-state index contributed by atoms with van der Waals surface area (Å²) in [6.45, 7) is 0. The average Bonchev–Trinajstić information content (AvgIpc) is 2.87. The molecule has 1 aromatic rings. The highest BCUT2D eigenvalue weighted by Crippen LogP contribution is 2.31. The lowest BCUT2D eigenvalue weighted by Crippen LogP contribution is -2.41. The van der Waals surface area contributed by atoms with E-state index in [-0.39, 0.29) is 12.0 Å². The van der Waals surface area contributed by atoms with E-state index in [9.17, 15) is 5.11 Å². The monoisotopic (exact) mass is 249 g/mol. The van der Waals surface area contributed by atoms with E-state index in [2.05, 4.69) is 12.1 Å². The molecular formula is C15H23NO2. The molecule has 2 rings (SSSR count). The predicted octanol–water partition coefficient (Wildman–Crippen LogP) is 1.73. The van der Waals surface area contributed by atoms with Crippen LogP contribution < -0.4 is 5.73 Å². The van der Waals surface area contributed by atoms with E-state index in [0.717, 1.165) is 25.7 Å². The van der Waals surface area contributed by atoms with Crippen molar-refractivity contribution < 1.29 is 9.84 Å². The molecular weight excluding hydrogens is 226 g/mol. The molecule has 100 valence electrons. The Morgan fingerprint density at radius 2 is 2.06 bits per heavy atom. The maximum Gasteiger partial charge on any atom is 0.0723 e. The molecule has 3 heteroatoms. The minimum Gasteiger partial charge on any atom is -0.391 e. The first-order chi connectivity index (χ1) is 8.70. The van der Waals surface area contributed by atoms with Gasteiger partial charge in [-0.15, -0.1) is 0 Å². The van der Waals surface area contributed by atoms with Crippen LogP contribution in [0, 0.1) is 5.92 Å². The maximum atomic E-state index is 10.3. The first-order valence-electron chi connectivity index (χ1n) is 6.71. The number of ether oxygens (including phenoxy) is 1. The fourth-order valence-corrected chi connectivity index (χ4v) is 2.85. The average molecular weight is 249 g/mol. The second-order valence-corrected chi connectivity index (χ2v) is 5.28. The van der Waals surface area contributed by atoms with Crippen LogP contribution in [0.25, 0.3) is 0 Å². The molecule has 18 heavy (non-hydrogen) atoms. The van der Waals surface area contributed by atoms with Crippen molar-refractivity contribution in [3.8, 4) is 0 Å². The molecule has 0 aromatic heterocycles. The van der Waals surface area contributed by atoms with Crippen LogP contribution in [0.2, 0.25) is 0 Å². The van der Waals surface area contributed by atoms with Gasteiger partial charge in [-0.2, -0.15) is 0 Å². The van der Waals surface area contributed by atoms with Crippen molar-refractivity contribution in [2.24, 2.45) is 11.7 Å². The lowest BCUT2D eigenvalue weighted by atomic mass is 9.91. The number of benzene rings is 1. The van der Waals surface area contributed by atoms with Gasteiger partial charge in [0.1, 0.15) is 0 Å². The van der Waals surface area contributed by atoms with Crippen LogP contribution in [0.5, 0.6) is 0 Å². The quantitative estimate of drug-likeness (QED) is 0.835. The fraction of sp³-hybridized carbons (Fsp3) is 0.600. The summed E-state index contributed by atoms with van der Waals surface area (Å²) >= 11 is 0.